The van der Waals surface area contributed by atoms with Crippen LogP contribution in [0.4, 0.5) is 0 Å². The first-order valence-corrected chi connectivity index (χ1v) is 9.11. The maximum Gasteiger partial charge on any atom is 0.160 e. The molecule has 4 heterocycles. The molecular formula is C18H22N4S. The lowest BCUT2D eigenvalue weighted by molar-refractivity contribution is 0.321. The van der Waals surface area contributed by atoms with E-state index < -0.39 is 0 Å². The summed E-state index contributed by atoms with van der Waals surface area (Å²) in [5.41, 5.74) is 2.40. The van der Waals surface area contributed by atoms with Crippen LogP contribution in [-0.4, -0.2) is 31.4 Å². The number of aromatic nitrogens is 2. The van der Waals surface area contributed by atoms with Gasteiger partial charge in [0, 0.05) is 36.4 Å². The van der Waals surface area contributed by atoms with Crippen LogP contribution in [0.1, 0.15) is 50.2 Å². The predicted octanol–water partition coefficient (Wildman–Crippen LogP) is 4.05. The van der Waals surface area contributed by atoms with Crippen LogP contribution in [-0.2, 0) is 0 Å². The molecule has 0 spiro atoms. The van der Waals surface area contributed by atoms with E-state index in [1.54, 1.807) is 0 Å². The molecule has 3 atom stereocenters. The fourth-order valence-corrected chi connectivity index (χ4v) is 4.50. The molecule has 4 nitrogen and oxygen atoms in total. The highest BCUT2D eigenvalue weighted by molar-refractivity contribution is 8.14. The van der Waals surface area contributed by atoms with Gasteiger partial charge in [0.1, 0.15) is 6.04 Å². The molecule has 0 aliphatic carbocycles. The molecule has 0 aromatic carbocycles. The van der Waals surface area contributed by atoms with Crippen LogP contribution in [0.2, 0.25) is 0 Å². The van der Waals surface area contributed by atoms with Gasteiger partial charge < -0.3 is 9.47 Å². The minimum absolute atomic E-state index is 0.0919. The molecule has 2 aromatic rings. The summed E-state index contributed by atoms with van der Waals surface area (Å²) in [5.74, 6) is 0. The van der Waals surface area contributed by atoms with Gasteiger partial charge in [0.25, 0.3) is 0 Å². The third-order valence-electron chi connectivity index (χ3n) is 4.56. The number of pyridine rings is 1. The van der Waals surface area contributed by atoms with Crippen LogP contribution in [0, 0.1) is 0 Å². The zero-order valence-corrected chi connectivity index (χ0v) is 14.6. The average Bonchev–Trinajstić information content (AvgIpc) is 3.21. The van der Waals surface area contributed by atoms with Crippen molar-refractivity contribution in [1.82, 2.24) is 14.5 Å². The zero-order valence-electron chi connectivity index (χ0n) is 13.8. The summed E-state index contributed by atoms with van der Waals surface area (Å²) in [6, 6.07) is 9.19. The lowest BCUT2D eigenvalue weighted by atomic mass is 9.99. The molecule has 2 aliphatic heterocycles. The Labute approximate surface area is 141 Å². The fourth-order valence-electron chi connectivity index (χ4n) is 3.40. The number of hydrogen-bond acceptors (Lipinski definition) is 4. The van der Waals surface area contributed by atoms with Gasteiger partial charge in [0.15, 0.2) is 5.17 Å². The summed E-state index contributed by atoms with van der Waals surface area (Å²) in [6.45, 7) is 7.76. The Hall–Kier alpha value is -1.75. The van der Waals surface area contributed by atoms with E-state index in [0.29, 0.717) is 11.3 Å². The van der Waals surface area contributed by atoms with Crippen molar-refractivity contribution in [2.45, 2.75) is 44.1 Å². The minimum Gasteiger partial charge on any atom is -0.351 e. The molecule has 1 fully saturated rings. The molecule has 4 rings (SSSR count). The number of nitrogens with zero attached hydrogens (tertiary/aromatic N) is 4. The van der Waals surface area contributed by atoms with Gasteiger partial charge in [-0.05, 0) is 37.6 Å². The summed E-state index contributed by atoms with van der Waals surface area (Å²) >= 11 is 1.89. The molecule has 1 saturated heterocycles. The normalized spacial score (nSPS) is 26.7. The van der Waals surface area contributed by atoms with E-state index in [1.165, 1.54) is 10.7 Å². The van der Waals surface area contributed by atoms with E-state index in [0.717, 1.165) is 12.2 Å². The molecule has 2 aromatic heterocycles. The Kier molecular flexibility index (Phi) is 3.68. The van der Waals surface area contributed by atoms with Gasteiger partial charge >= 0.3 is 0 Å². The molecule has 120 valence electrons. The van der Waals surface area contributed by atoms with Crippen molar-refractivity contribution in [3.8, 4) is 0 Å². The van der Waals surface area contributed by atoms with Gasteiger partial charge in [0.2, 0.25) is 0 Å². The summed E-state index contributed by atoms with van der Waals surface area (Å²) < 4.78 is 2.27. The molecule has 0 saturated carbocycles. The number of thioether (sulfide) groups is 1. The maximum atomic E-state index is 5.02. The van der Waals surface area contributed by atoms with E-state index in [2.05, 4.69) is 65.8 Å². The first-order chi connectivity index (χ1) is 11.1. The third kappa shape index (κ3) is 2.57. The van der Waals surface area contributed by atoms with Gasteiger partial charge in [-0.3, -0.25) is 9.98 Å². The molecule has 5 heteroatoms. The Morgan fingerprint density at radius 3 is 2.83 bits per heavy atom. The SMILES string of the molecule is CC(C)n1ccc([C@H]2[C@@H](c3ccccn3)N=C3S[C@@H](C)CN32)c1. The number of amidine groups is 1. The molecule has 0 bridgehead atoms. The average molecular weight is 326 g/mol. The van der Waals surface area contributed by atoms with Crippen molar-refractivity contribution in [3.05, 3.63) is 54.1 Å². The predicted molar refractivity (Wildman–Crippen MR) is 95.7 cm³/mol. The number of hydrogen-bond donors (Lipinski definition) is 0. The third-order valence-corrected chi connectivity index (χ3v) is 5.66. The molecule has 23 heavy (non-hydrogen) atoms. The Morgan fingerprint density at radius 2 is 2.13 bits per heavy atom. The number of fused-ring (bicyclic) bond motifs is 1. The Morgan fingerprint density at radius 1 is 1.26 bits per heavy atom. The molecule has 0 N–H and O–H groups in total. The highest BCUT2D eigenvalue weighted by atomic mass is 32.2. The highest BCUT2D eigenvalue weighted by Crippen LogP contribution is 2.47. The first kappa shape index (κ1) is 14.8. The van der Waals surface area contributed by atoms with Crippen LogP contribution in [0.15, 0.2) is 47.8 Å². The van der Waals surface area contributed by atoms with Gasteiger partial charge in [0.05, 0.1) is 11.7 Å². The van der Waals surface area contributed by atoms with Crippen LogP contribution >= 0.6 is 11.8 Å². The van der Waals surface area contributed by atoms with Crippen molar-refractivity contribution in [3.63, 3.8) is 0 Å². The lowest BCUT2D eigenvalue weighted by Gasteiger charge is -2.26. The zero-order chi connectivity index (χ0) is 16.0. The van der Waals surface area contributed by atoms with Crippen molar-refractivity contribution < 1.29 is 0 Å². The molecule has 2 aliphatic rings. The van der Waals surface area contributed by atoms with Crippen LogP contribution in [0.5, 0.6) is 0 Å². The summed E-state index contributed by atoms with van der Waals surface area (Å²) in [4.78, 5) is 12.1. The smallest absolute Gasteiger partial charge is 0.160 e. The minimum atomic E-state index is 0.0919. The van der Waals surface area contributed by atoms with Gasteiger partial charge in [-0.25, -0.2) is 0 Å². The second kappa shape index (κ2) is 5.71. The molecular weight excluding hydrogens is 304 g/mol. The topological polar surface area (TPSA) is 33.4 Å². The van der Waals surface area contributed by atoms with E-state index >= 15 is 0 Å². The quantitative estimate of drug-likeness (QED) is 0.853. The van der Waals surface area contributed by atoms with Gasteiger partial charge in [-0.2, -0.15) is 0 Å². The summed E-state index contributed by atoms with van der Waals surface area (Å²) in [7, 11) is 0. The fraction of sp³-hybridized carbons (Fsp3) is 0.444. The summed E-state index contributed by atoms with van der Waals surface area (Å²) in [5, 5.41) is 1.78. The highest BCUT2D eigenvalue weighted by Gasteiger charge is 2.43. The number of rotatable bonds is 3. The van der Waals surface area contributed by atoms with Crippen LogP contribution < -0.4 is 0 Å². The Balaban J connectivity index is 1.74. The molecule has 0 radical (unpaired) electrons. The van der Waals surface area contributed by atoms with E-state index in [9.17, 15) is 0 Å². The molecule has 0 unspecified atom stereocenters. The van der Waals surface area contributed by atoms with Gasteiger partial charge in [-0.1, -0.05) is 24.8 Å². The van der Waals surface area contributed by atoms with E-state index in [-0.39, 0.29) is 12.1 Å². The van der Waals surface area contributed by atoms with Crippen molar-refractivity contribution >= 4 is 16.9 Å². The second-order valence-electron chi connectivity index (χ2n) is 6.62. The first-order valence-electron chi connectivity index (χ1n) is 8.23. The standard InChI is InChI=1S/C18H22N4S/c1-12(2)21-9-7-14(11-21)17-16(15-6-4-5-8-19-15)20-18-22(17)10-13(3)23-18/h4-9,11-13,16-17H,10H2,1-3H3/t13-,16+,17-/m0/s1. The van der Waals surface area contributed by atoms with E-state index in [4.69, 9.17) is 4.99 Å². The Bertz CT molecular complexity index is 722. The monoisotopic (exact) mass is 326 g/mol. The number of aliphatic imine (C=N–C) groups is 1. The largest absolute Gasteiger partial charge is 0.351 e. The van der Waals surface area contributed by atoms with Crippen molar-refractivity contribution in [2.75, 3.05) is 6.54 Å². The lowest BCUT2D eigenvalue weighted by Crippen LogP contribution is -2.28. The summed E-state index contributed by atoms with van der Waals surface area (Å²) in [6.07, 6.45) is 6.32. The van der Waals surface area contributed by atoms with Gasteiger partial charge in [-0.15, -0.1) is 0 Å². The maximum absolute atomic E-state index is 5.02. The van der Waals surface area contributed by atoms with Crippen molar-refractivity contribution in [2.24, 2.45) is 4.99 Å². The molecule has 0 amide bonds. The van der Waals surface area contributed by atoms with Crippen molar-refractivity contribution in [1.29, 1.82) is 0 Å². The van der Waals surface area contributed by atoms with Crippen LogP contribution in [0.25, 0.3) is 0 Å². The van der Waals surface area contributed by atoms with Crippen LogP contribution in [0.3, 0.4) is 0 Å². The van der Waals surface area contributed by atoms with E-state index in [1.807, 2.05) is 24.0 Å². The second-order valence-corrected chi connectivity index (χ2v) is 8.03.